The highest BCUT2D eigenvalue weighted by molar-refractivity contribution is 7.85. The molecule has 5 nitrogen and oxygen atoms in total. The average molecular weight is 265 g/mol. The van der Waals surface area contributed by atoms with E-state index in [1.807, 2.05) is 20.8 Å². The molecule has 17 heavy (non-hydrogen) atoms. The minimum atomic E-state index is -4.09. The Morgan fingerprint density at radius 3 is 2.00 bits per heavy atom. The van der Waals surface area contributed by atoms with Crippen molar-refractivity contribution in [3.05, 3.63) is 0 Å². The fourth-order valence-electron chi connectivity index (χ4n) is 1.42. The van der Waals surface area contributed by atoms with Crippen molar-refractivity contribution in [2.24, 2.45) is 5.41 Å². The van der Waals surface area contributed by atoms with Gasteiger partial charge in [-0.25, -0.2) is 0 Å². The summed E-state index contributed by atoms with van der Waals surface area (Å²) in [5, 5.41) is 2.61. The van der Waals surface area contributed by atoms with Crippen LogP contribution in [0.4, 0.5) is 0 Å². The number of hydrogen-bond donors (Lipinski definition) is 2. The molecular weight excluding hydrogens is 242 g/mol. The highest BCUT2D eigenvalue weighted by Gasteiger charge is 2.26. The highest BCUT2D eigenvalue weighted by atomic mass is 32.2. The van der Waals surface area contributed by atoms with Crippen molar-refractivity contribution in [1.29, 1.82) is 0 Å². The second-order valence-electron chi connectivity index (χ2n) is 6.22. The summed E-state index contributed by atoms with van der Waals surface area (Å²) in [5.74, 6) is -0.685. The van der Waals surface area contributed by atoms with Crippen LogP contribution in [0.25, 0.3) is 0 Å². The van der Waals surface area contributed by atoms with Gasteiger partial charge in [0.1, 0.15) is 0 Å². The second-order valence-corrected chi connectivity index (χ2v) is 7.67. The lowest BCUT2D eigenvalue weighted by atomic mass is 9.90. The third-order valence-electron chi connectivity index (χ3n) is 2.12. The molecule has 0 heterocycles. The Morgan fingerprint density at radius 1 is 1.18 bits per heavy atom. The summed E-state index contributed by atoms with van der Waals surface area (Å²) in [6.07, 6.45) is 1.07. The fourth-order valence-corrected chi connectivity index (χ4v) is 2.40. The Morgan fingerprint density at radius 2 is 1.65 bits per heavy atom. The van der Waals surface area contributed by atoms with Crippen LogP contribution in [0.15, 0.2) is 0 Å². The highest BCUT2D eigenvalue weighted by Crippen LogP contribution is 2.20. The fraction of sp³-hybridized carbons (Fsp3) is 0.909. The van der Waals surface area contributed by atoms with Gasteiger partial charge in [-0.05, 0) is 25.7 Å². The molecule has 0 aliphatic heterocycles. The zero-order valence-corrected chi connectivity index (χ0v) is 12.0. The lowest BCUT2D eigenvalue weighted by Crippen LogP contribution is -2.48. The van der Waals surface area contributed by atoms with E-state index < -0.39 is 21.4 Å². The molecule has 1 amide bonds. The molecule has 0 saturated heterocycles. The largest absolute Gasteiger partial charge is 0.350 e. The third-order valence-corrected chi connectivity index (χ3v) is 3.21. The van der Waals surface area contributed by atoms with E-state index in [4.69, 9.17) is 4.55 Å². The molecule has 0 rings (SSSR count). The molecule has 2 N–H and O–H groups in total. The molecule has 0 aliphatic carbocycles. The Balaban J connectivity index is 4.29. The van der Waals surface area contributed by atoms with Gasteiger partial charge in [0, 0.05) is 6.42 Å². The number of rotatable bonds is 5. The van der Waals surface area contributed by atoms with Crippen LogP contribution in [0.3, 0.4) is 0 Å². The number of hydrogen-bond acceptors (Lipinski definition) is 3. The molecule has 6 heteroatoms. The maximum absolute atomic E-state index is 11.6. The van der Waals surface area contributed by atoms with Crippen LogP contribution in [0.2, 0.25) is 0 Å². The number of carbonyl (C=O) groups excluding carboxylic acids is 1. The van der Waals surface area contributed by atoms with E-state index >= 15 is 0 Å². The molecule has 0 atom stereocenters. The van der Waals surface area contributed by atoms with Gasteiger partial charge in [-0.3, -0.25) is 9.35 Å². The van der Waals surface area contributed by atoms with Crippen LogP contribution in [-0.2, 0) is 14.9 Å². The van der Waals surface area contributed by atoms with E-state index in [0.717, 1.165) is 6.42 Å². The smallest absolute Gasteiger partial charge is 0.267 e. The van der Waals surface area contributed by atoms with Crippen molar-refractivity contribution in [3.63, 3.8) is 0 Å². The summed E-state index contributed by atoms with van der Waals surface area (Å²) in [5.41, 5.74) is -0.896. The monoisotopic (exact) mass is 265 g/mol. The van der Waals surface area contributed by atoms with Gasteiger partial charge in [-0.15, -0.1) is 0 Å². The van der Waals surface area contributed by atoms with E-state index in [0.29, 0.717) is 6.42 Å². The summed E-state index contributed by atoms with van der Waals surface area (Å²) in [6.45, 7) is 9.22. The van der Waals surface area contributed by atoms with E-state index in [1.54, 1.807) is 13.8 Å². The lowest BCUT2D eigenvalue weighted by Gasteiger charge is -2.25. The van der Waals surface area contributed by atoms with Crippen LogP contribution >= 0.6 is 0 Å². The van der Waals surface area contributed by atoms with Crippen LogP contribution in [0.1, 0.15) is 47.5 Å². The van der Waals surface area contributed by atoms with Crippen molar-refractivity contribution in [1.82, 2.24) is 5.32 Å². The van der Waals surface area contributed by atoms with Gasteiger partial charge < -0.3 is 5.32 Å². The SMILES string of the molecule is CC(C)(C)CCC(=O)NC(C)(C)CS(=O)(=O)O. The minimum Gasteiger partial charge on any atom is -0.350 e. The molecule has 0 aliphatic rings. The van der Waals surface area contributed by atoms with Gasteiger partial charge in [0.2, 0.25) is 5.91 Å². The van der Waals surface area contributed by atoms with Gasteiger partial charge in [-0.2, -0.15) is 8.42 Å². The van der Waals surface area contributed by atoms with E-state index in [-0.39, 0.29) is 11.3 Å². The van der Waals surface area contributed by atoms with Crippen molar-refractivity contribution >= 4 is 16.0 Å². The van der Waals surface area contributed by atoms with Crippen molar-refractivity contribution in [3.8, 4) is 0 Å². The Labute approximate surface area is 104 Å². The average Bonchev–Trinajstić information content (AvgIpc) is 1.93. The molecule has 102 valence electrons. The van der Waals surface area contributed by atoms with E-state index in [9.17, 15) is 13.2 Å². The molecule has 0 aromatic carbocycles. The molecule has 0 unspecified atom stereocenters. The first kappa shape index (κ1) is 16.4. The summed E-state index contributed by atoms with van der Waals surface area (Å²) in [6, 6.07) is 0. The summed E-state index contributed by atoms with van der Waals surface area (Å²) >= 11 is 0. The standard InChI is InChI=1S/C11H23NO4S/c1-10(2,3)7-6-9(13)12-11(4,5)8-17(14,15)16/h6-8H2,1-5H3,(H,12,13)(H,14,15,16). The summed E-state index contributed by atoms with van der Waals surface area (Å²) < 4.78 is 30.2. The molecule has 0 radical (unpaired) electrons. The van der Waals surface area contributed by atoms with Crippen molar-refractivity contribution in [2.45, 2.75) is 53.0 Å². The van der Waals surface area contributed by atoms with Gasteiger partial charge in [0.15, 0.2) is 0 Å². The maximum Gasteiger partial charge on any atom is 0.267 e. The normalized spacial score (nSPS) is 13.5. The lowest BCUT2D eigenvalue weighted by molar-refractivity contribution is -0.122. The van der Waals surface area contributed by atoms with Crippen LogP contribution < -0.4 is 5.32 Å². The summed E-state index contributed by atoms with van der Waals surface area (Å²) in [7, 11) is -4.09. The summed E-state index contributed by atoms with van der Waals surface area (Å²) in [4.78, 5) is 11.6. The quantitative estimate of drug-likeness (QED) is 0.739. The zero-order chi connectivity index (χ0) is 13.9. The molecular formula is C11H23NO4S. The minimum absolute atomic E-state index is 0.0601. The topological polar surface area (TPSA) is 83.5 Å². The Kier molecular flexibility index (Phi) is 5.16. The molecule has 0 saturated carbocycles. The predicted molar refractivity (Wildman–Crippen MR) is 67.3 cm³/mol. The first-order valence-electron chi connectivity index (χ1n) is 5.57. The van der Waals surface area contributed by atoms with E-state index in [2.05, 4.69) is 5.32 Å². The molecule has 0 spiro atoms. The number of amides is 1. The van der Waals surface area contributed by atoms with Gasteiger partial charge in [-0.1, -0.05) is 20.8 Å². The molecule has 0 fully saturated rings. The third kappa shape index (κ3) is 10.3. The number of nitrogens with one attached hydrogen (secondary N) is 1. The van der Waals surface area contributed by atoms with Crippen LogP contribution in [0.5, 0.6) is 0 Å². The first-order chi connectivity index (χ1) is 7.31. The Bertz CT molecular complexity index is 365. The molecule has 0 bridgehead atoms. The predicted octanol–water partition coefficient (Wildman–Crippen LogP) is 1.60. The second kappa shape index (κ2) is 5.35. The van der Waals surface area contributed by atoms with Crippen LogP contribution in [0, 0.1) is 5.41 Å². The maximum atomic E-state index is 11.6. The van der Waals surface area contributed by atoms with Crippen molar-refractivity contribution in [2.75, 3.05) is 5.75 Å². The zero-order valence-electron chi connectivity index (χ0n) is 11.2. The van der Waals surface area contributed by atoms with Gasteiger partial charge in [0.05, 0.1) is 11.3 Å². The number of carbonyl (C=O) groups is 1. The molecule has 0 aromatic rings. The Hall–Kier alpha value is -0.620. The van der Waals surface area contributed by atoms with Gasteiger partial charge in [0.25, 0.3) is 10.1 Å². The first-order valence-corrected chi connectivity index (χ1v) is 7.18. The van der Waals surface area contributed by atoms with Crippen LogP contribution in [-0.4, -0.2) is 30.2 Å². The van der Waals surface area contributed by atoms with Gasteiger partial charge >= 0.3 is 0 Å². The molecule has 0 aromatic heterocycles. The van der Waals surface area contributed by atoms with E-state index in [1.165, 1.54) is 0 Å². The van der Waals surface area contributed by atoms with Crippen molar-refractivity contribution < 1.29 is 17.8 Å².